The van der Waals surface area contributed by atoms with Gasteiger partial charge in [0.05, 0.1) is 10.5 Å². The molecule has 0 aliphatic carbocycles. The molecule has 0 saturated heterocycles. The zero-order chi connectivity index (χ0) is 13.3. The maximum atomic E-state index is 13.6. The summed E-state index contributed by atoms with van der Waals surface area (Å²) in [5.41, 5.74) is -0.476. The average molecular weight is 251 g/mol. The molecule has 0 unspecified atom stereocenters. The minimum atomic E-state index is -1.09. The van der Waals surface area contributed by atoms with E-state index in [1.54, 1.807) is 0 Å². The fourth-order valence-corrected chi connectivity index (χ4v) is 1.56. The van der Waals surface area contributed by atoms with Crippen LogP contribution >= 0.6 is 0 Å². The molecule has 1 N–H and O–H groups in total. The number of non-ortho nitro benzene ring substituents is 1. The third-order valence-corrected chi connectivity index (χ3v) is 2.44. The lowest BCUT2D eigenvalue weighted by Gasteiger charge is -2.06. The van der Waals surface area contributed by atoms with Gasteiger partial charge in [-0.05, 0) is 29.8 Å². The molecule has 0 aliphatic rings. The van der Waals surface area contributed by atoms with E-state index >= 15 is 0 Å². The zero-order valence-electron chi connectivity index (χ0n) is 8.93. The zero-order valence-corrected chi connectivity index (χ0v) is 8.93. The first kappa shape index (κ1) is 12.0. The van der Waals surface area contributed by atoms with Crippen molar-refractivity contribution in [3.8, 4) is 16.9 Å². The van der Waals surface area contributed by atoms with Gasteiger partial charge in [0.25, 0.3) is 5.69 Å². The van der Waals surface area contributed by atoms with Crippen LogP contribution in [0.4, 0.5) is 14.5 Å². The van der Waals surface area contributed by atoms with E-state index in [-0.39, 0.29) is 11.3 Å². The highest BCUT2D eigenvalue weighted by Crippen LogP contribution is 2.31. The largest absolute Gasteiger partial charge is 0.505 e. The van der Waals surface area contributed by atoms with Gasteiger partial charge >= 0.3 is 0 Å². The highest BCUT2D eigenvalue weighted by atomic mass is 19.1. The number of hydrogen-bond acceptors (Lipinski definition) is 3. The van der Waals surface area contributed by atoms with Gasteiger partial charge in [-0.3, -0.25) is 10.1 Å². The second-order valence-electron chi connectivity index (χ2n) is 3.56. The van der Waals surface area contributed by atoms with E-state index in [0.717, 1.165) is 24.3 Å². The lowest BCUT2D eigenvalue weighted by molar-refractivity contribution is -0.384. The molecule has 4 nitrogen and oxygen atoms in total. The number of rotatable bonds is 2. The first-order valence-corrected chi connectivity index (χ1v) is 4.92. The number of phenols is 1. The Bertz CT molecular complexity index is 611. The summed E-state index contributed by atoms with van der Waals surface area (Å²) < 4.78 is 27.1. The van der Waals surface area contributed by atoms with Gasteiger partial charge in [0.2, 0.25) is 0 Å². The minimum absolute atomic E-state index is 0.117. The SMILES string of the molecule is O=[N+]([O-])c1ccc(-c2c(F)ccc(O)c2F)cc1. The number of benzene rings is 2. The average Bonchev–Trinajstić information content (AvgIpc) is 2.35. The lowest BCUT2D eigenvalue weighted by atomic mass is 10.0. The van der Waals surface area contributed by atoms with Crippen LogP contribution in [-0.2, 0) is 0 Å². The molecule has 0 aromatic heterocycles. The lowest BCUT2D eigenvalue weighted by Crippen LogP contribution is -1.92. The molecule has 0 saturated carbocycles. The molecule has 2 aromatic carbocycles. The summed E-state index contributed by atoms with van der Waals surface area (Å²) in [6.45, 7) is 0. The first-order chi connectivity index (χ1) is 8.50. The van der Waals surface area contributed by atoms with E-state index in [0.29, 0.717) is 0 Å². The van der Waals surface area contributed by atoms with Gasteiger partial charge in [-0.25, -0.2) is 8.78 Å². The quantitative estimate of drug-likeness (QED) is 0.658. The van der Waals surface area contributed by atoms with Crippen LogP contribution in [0, 0.1) is 21.7 Å². The van der Waals surface area contributed by atoms with Gasteiger partial charge in [0.1, 0.15) is 5.82 Å². The minimum Gasteiger partial charge on any atom is -0.505 e. The molecule has 0 fully saturated rings. The third-order valence-electron chi connectivity index (χ3n) is 2.44. The van der Waals surface area contributed by atoms with Crippen LogP contribution in [0.1, 0.15) is 0 Å². The van der Waals surface area contributed by atoms with Crippen molar-refractivity contribution in [2.45, 2.75) is 0 Å². The highest BCUT2D eigenvalue weighted by molar-refractivity contribution is 5.67. The van der Waals surface area contributed by atoms with Gasteiger partial charge in [-0.2, -0.15) is 0 Å². The number of halogens is 2. The van der Waals surface area contributed by atoms with Crippen molar-refractivity contribution in [1.29, 1.82) is 0 Å². The van der Waals surface area contributed by atoms with E-state index in [1.807, 2.05) is 0 Å². The van der Waals surface area contributed by atoms with Gasteiger partial charge < -0.3 is 5.11 Å². The number of nitrogens with zero attached hydrogens (tertiary/aromatic N) is 1. The summed E-state index contributed by atoms with van der Waals surface area (Å²) >= 11 is 0. The monoisotopic (exact) mass is 251 g/mol. The second-order valence-corrected chi connectivity index (χ2v) is 3.56. The molecular weight excluding hydrogens is 244 g/mol. The van der Waals surface area contributed by atoms with Crippen molar-refractivity contribution in [2.75, 3.05) is 0 Å². The predicted molar refractivity (Wildman–Crippen MR) is 60.1 cm³/mol. The van der Waals surface area contributed by atoms with Gasteiger partial charge in [-0.1, -0.05) is 0 Å². The molecule has 0 aliphatic heterocycles. The Morgan fingerprint density at radius 3 is 2.22 bits per heavy atom. The molecule has 2 aromatic rings. The summed E-state index contributed by atoms with van der Waals surface area (Å²) in [7, 11) is 0. The first-order valence-electron chi connectivity index (χ1n) is 4.92. The summed E-state index contributed by atoms with van der Waals surface area (Å²) in [5.74, 6) is -2.62. The molecule has 0 bridgehead atoms. The van der Waals surface area contributed by atoms with Crippen LogP contribution in [0.15, 0.2) is 36.4 Å². The predicted octanol–water partition coefficient (Wildman–Crippen LogP) is 3.25. The van der Waals surface area contributed by atoms with Crippen molar-refractivity contribution in [3.63, 3.8) is 0 Å². The Balaban J connectivity index is 2.55. The molecule has 92 valence electrons. The van der Waals surface area contributed by atoms with Crippen LogP contribution in [-0.4, -0.2) is 10.0 Å². The summed E-state index contributed by atoms with van der Waals surface area (Å²) in [5, 5.41) is 19.6. The van der Waals surface area contributed by atoms with Gasteiger partial charge in [-0.15, -0.1) is 0 Å². The molecule has 0 atom stereocenters. The topological polar surface area (TPSA) is 63.4 Å². The normalized spacial score (nSPS) is 10.3. The van der Waals surface area contributed by atoms with E-state index in [2.05, 4.69) is 0 Å². The molecular formula is C12H7F2NO3. The molecule has 6 heteroatoms. The number of hydrogen-bond donors (Lipinski definition) is 1. The van der Waals surface area contributed by atoms with Crippen molar-refractivity contribution in [3.05, 3.63) is 58.1 Å². The maximum absolute atomic E-state index is 13.6. The Morgan fingerprint density at radius 1 is 1.06 bits per heavy atom. The van der Waals surface area contributed by atoms with Crippen molar-refractivity contribution in [1.82, 2.24) is 0 Å². The Labute approximate surface area is 100 Å². The fraction of sp³-hybridized carbons (Fsp3) is 0. The van der Waals surface area contributed by atoms with E-state index in [1.165, 1.54) is 12.1 Å². The van der Waals surface area contributed by atoms with Gasteiger partial charge in [0, 0.05) is 12.1 Å². The smallest absolute Gasteiger partial charge is 0.269 e. The second kappa shape index (κ2) is 4.40. The number of aromatic hydroxyl groups is 1. The Kier molecular flexibility index (Phi) is 2.93. The number of phenolic OH excluding ortho intramolecular Hbond substituents is 1. The van der Waals surface area contributed by atoms with E-state index in [4.69, 9.17) is 0 Å². The van der Waals surface area contributed by atoms with Crippen LogP contribution in [0.25, 0.3) is 11.1 Å². The highest BCUT2D eigenvalue weighted by Gasteiger charge is 2.16. The molecule has 18 heavy (non-hydrogen) atoms. The van der Waals surface area contributed by atoms with Crippen LogP contribution in [0.2, 0.25) is 0 Å². The fourth-order valence-electron chi connectivity index (χ4n) is 1.56. The van der Waals surface area contributed by atoms with E-state index < -0.39 is 27.9 Å². The van der Waals surface area contributed by atoms with Crippen LogP contribution < -0.4 is 0 Å². The molecule has 0 spiro atoms. The Hall–Kier alpha value is -2.50. The Morgan fingerprint density at radius 2 is 1.67 bits per heavy atom. The number of nitro benzene ring substituents is 1. The summed E-state index contributed by atoms with van der Waals surface area (Å²) in [4.78, 5) is 9.84. The van der Waals surface area contributed by atoms with Crippen molar-refractivity contribution < 1.29 is 18.8 Å². The number of nitro groups is 1. The van der Waals surface area contributed by atoms with E-state index in [9.17, 15) is 24.0 Å². The standard InChI is InChI=1S/C12H7F2NO3/c13-9-5-6-10(16)12(14)11(9)7-1-3-8(4-2-7)15(17)18/h1-6,16H. The summed E-state index contributed by atoms with van der Waals surface area (Å²) in [6.07, 6.45) is 0. The van der Waals surface area contributed by atoms with Crippen molar-refractivity contribution >= 4 is 5.69 Å². The third kappa shape index (κ3) is 2.00. The summed E-state index contributed by atoms with van der Waals surface area (Å²) in [6, 6.07) is 6.55. The maximum Gasteiger partial charge on any atom is 0.269 e. The molecule has 0 radical (unpaired) electrons. The van der Waals surface area contributed by atoms with Gasteiger partial charge in [0.15, 0.2) is 11.6 Å². The van der Waals surface area contributed by atoms with Crippen molar-refractivity contribution in [2.24, 2.45) is 0 Å². The molecule has 0 amide bonds. The molecule has 2 rings (SSSR count). The van der Waals surface area contributed by atoms with Crippen LogP contribution in [0.5, 0.6) is 5.75 Å². The van der Waals surface area contributed by atoms with Crippen LogP contribution in [0.3, 0.4) is 0 Å². The molecule has 0 heterocycles.